The number of aliphatic hydroxyl groups excluding tert-OH is 1. The van der Waals surface area contributed by atoms with Crippen LogP contribution in [0.15, 0.2) is 48.5 Å². The number of nitrogens with one attached hydrogen (secondary N) is 2. The van der Waals surface area contributed by atoms with E-state index < -0.39 is 28.7 Å². The molecule has 3 aliphatic rings. The lowest BCUT2D eigenvalue weighted by Crippen LogP contribution is -2.56. The standard InChI is InChI=1S/C29H34ClN3O5S/c1-4-38-18-11-9-17(10-12-18)31-26(35)23-22-13-14-29(39-22)24(23)28(37)33(21(15-34)16(2)3)25(29)27(36)32-20-8-6-5-7-19(20)30/h5-12,16,21-25,34H,4,13-15H2,1-3H3,(H,31,35)(H,32,36)/t21-,22+,23-,24-,25?,29?/m0/s1. The Morgan fingerprint density at radius 1 is 1.15 bits per heavy atom. The molecule has 2 aromatic rings. The van der Waals surface area contributed by atoms with Crippen molar-refractivity contribution in [3.63, 3.8) is 0 Å². The summed E-state index contributed by atoms with van der Waals surface area (Å²) in [5.41, 5.74) is 1.08. The predicted molar refractivity (Wildman–Crippen MR) is 153 cm³/mol. The summed E-state index contributed by atoms with van der Waals surface area (Å²) in [6.07, 6.45) is 1.37. The van der Waals surface area contributed by atoms with E-state index in [0.717, 1.165) is 6.42 Å². The number of ether oxygens (including phenoxy) is 1. The van der Waals surface area contributed by atoms with Gasteiger partial charge in [-0.05, 0) is 62.1 Å². The van der Waals surface area contributed by atoms with Crippen LogP contribution < -0.4 is 15.4 Å². The normalized spacial score (nSPS) is 27.9. The van der Waals surface area contributed by atoms with Crippen molar-refractivity contribution in [1.29, 1.82) is 0 Å². The lowest BCUT2D eigenvalue weighted by molar-refractivity contribution is -0.142. The summed E-state index contributed by atoms with van der Waals surface area (Å²) in [6, 6.07) is 12.7. The maximum Gasteiger partial charge on any atom is 0.248 e. The van der Waals surface area contributed by atoms with Crippen molar-refractivity contribution in [1.82, 2.24) is 4.90 Å². The van der Waals surface area contributed by atoms with Crippen molar-refractivity contribution in [2.75, 3.05) is 23.8 Å². The summed E-state index contributed by atoms with van der Waals surface area (Å²) in [7, 11) is 0. The number of hydrogen-bond acceptors (Lipinski definition) is 6. The predicted octanol–water partition coefficient (Wildman–Crippen LogP) is 4.42. The van der Waals surface area contributed by atoms with Crippen LogP contribution in [0.25, 0.3) is 0 Å². The summed E-state index contributed by atoms with van der Waals surface area (Å²) in [4.78, 5) is 43.4. The van der Waals surface area contributed by atoms with Crippen LogP contribution in [-0.2, 0) is 14.4 Å². The number of carbonyl (C=O) groups is 3. The maximum atomic E-state index is 14.2. The SMILES string of the molecule is CCOc1ccc(NC(=O)[C@@H]2[C@H]3C(=O)N([C@@H](CO)C(C)C)C(C(=O)Nc4ccccc4Cl)C34CC[C@H]2S4)cc1. The van der Waals surface area contributed by atoms with Gasteiger partial charge in [0.1, 0.15) is 11.8 Å². The Labute approximate surface area is 237 Å². The number of benzene rings is 2. The highest BCUT2D eigenvalue weighted by molar-refractivity contribution is 8.02. The number of aliphatic hydroxyl groups is 1. The first-order chi connectivity index (χ1) is 18.7. The van der Waals surface area contributed by atoms with E-state index in [0.29, 0.717) is 35.2 Å². The molecular weight excluding hydrogens is 538 g/mol. The lowest BCUT2D eigenvalue weighted by atomic mass is 9.70. The zero-order valence-electron chi connectivity index (χ0n) is 22.2. The monoisotopic (exact) mass is 571 g/mol. The van der Waals surface area contributed by atoms with Gasteiger partial charge < -0.3 is 25.4 Å². The lowest BCUT2D eigenvalue weighted by Gasteiger charge is -2.38. The second-order valence-electron chi connectivity index (χ2n) is 10.7. The first-order valence-electron chi connectivity index (χ1n) is 13.4. The van der Waals surface area contributed by atoms with Gasteiger partial charge in [0.25, 0.3) is 0 Å². The number of carbonyl (C=O) groups excluding carboxylic acids is 3. The highest BCUT2D eigenvalue weighted by atomic mass is 35.5. The Balaban J connectivity index is 1.47. The van der Waals surface area contributed by atoms with E-state index in [1.807, 2.05) is 20.8 Å². The number of para-hydroxylation sites is 1. The first-order valence-corrected chi connectivity index (χ1v) is 14.7. The number of thioether (sulfide) groups is 1. The Hall–Kier alpha value is -2.75. The number of halogens is 1. The van der Waals surface area contributed by atoms with Crippen LogP contribution >= 0.6 is 23.4 Å². The smallest absolute Gasteiger partial charge is 0.248 e. The van der Waals surface area contributed by atoms with Crippen LogP contribution in [-0.4, -0.2) is 63.0 Å². The van der Waals surface area contributed by atoms with Gasteiger partial charge >= 0.3 is 0 Å². The van der Waals surface area contributed by atoms with Crippen molar-refractivity contribution in [2.45, 2.75) is 55.7 Å². The van der Waals surface area contributed by atoms with Gasteiger partial charge in [0.15, 0.2) is 0 Å². The van der Waals surface area contributed by atoms with Crippen LogP contribution in [0.1, 0.15) is 33.6 Å². The van der Waals surface area contributed by atoms with Crippen LogP contribution in [0.4, 0.5) is 11.4 Å². The zero-order valence-corrected chi connectivity index (χ0v) is 23.8. The molecule has 2 aromatic carbocycles. The van der Waals surface area contributed by atoms with E-state index in [9.17, 15) is 19.5 Å². The fourth-order valence-corrected chi connectivity index (χ4v) is 8.85. The average molecular weight is 572 g/mol. The quantitative estimate of drug-likeness (QED) is 0.411. The van der Waals surface area contributed by atoms with Crippen molar-refractivity contribution in [3.05, 3.63) is 53.6 Å². The summed E-state index contributed by atoms with van der Waals surface area (Å²) in [5, 5.41) is 16.6. The second kappa shape index (κ2) is 11.0. The molecule has 3 amide bonds. The minimum atomic E-state index is -0.843. The molecule has 208 valence electrons. The Morgan fingerprint density at radius 3 is 2.51 bits per heavy atom. The Morgan fingerprint density at radius 2 is 1.87 bits per heavy atom. The van der Waals surface area contributed by atoms with Crippen molar-refractivity contribution < 1.29 is 24.2 Å². The molecule has 2 bridgehead atoms. The molecule has 0 aliphatic carbocycles. The van der Waals surface area contributed by atoms with Gasteiger partial charge in [0.05, 0.1) is 46.5 Å². The van der Waals surface area contributed by atoms with Crippen LogP contribution in [0.5, 0.6) is 5.75 Å². The van der Waals surface area contributed by atoms with Gasteiger partial charge in [-0.15, -0.1) is 11.8 Å². The Kier molecular flexibility index (Phi) is 7.86. The van der Waals surface area contributed by atoms with Gasteiger partial charge in [0, 0.05) is 10.9 Å². The van der Waals surface area contributed by atoms with Crippen molar-refractivity contribution in [3.8, 4) is 5.75 Å². The Bertz CT molecular complexity index is 1260. The van der Waals surface area contributed by atoms with Crippen LogP contribution in [0, 0.1) is 17.8 Å². The third kappa shape index (κ3) is 4.78. The number of hydrogen-bond donors (Lipinski definition) is 3. The highest BCUT2D eigenvalue weighted by Gasteiger charge is 2.74. The minimum Gasteiger partial charge on any atom is -0.494 e. The molecule has 3 fully saturated rings. The number of fused-ring (bicyclic) bond motifs is 1. The third-order valence-corrected chi connectivity index (χ3v) is 10.4. The van der Waals surface area contributed by atoms with Crippen LogP contribution in [0.3, 0.4) is 0 Å². The number of anilines is 2. The van der Waals surface area contributed by atoms with E-state index in [4.69, 9.17) is 16.3 Å². The molecule has 0 radical (unpaired) electrons. The van der Waals surface area contributed by atoms with Gasteiger partial charge in [-0.3, -0.25) is 14.4 Å². The largest absolute Gasteiger partial charge is 0.494 e. The van der Waals surface area contributed by atoms with Gasteiger partial charge in [-0.25, -0.2) is 0 Å². The number of likely N-dealkylation sites (tertiary alicyclic amines) is 1. The zero-order chi connectivity index (χ0) is 27.9. The average Bonchev–Trinajstić information content (AvgIpc) is 3.55. The number of amides is 3. The van der Waals surface area contributed by atoms with E-state index in [-0.39, 0.29) is 35.5 Å². The maximum absolute atomic E-state index is 14.2. The number of nitrogens with zero attached hydrogens (tertiary/aromatic N) is 1. The molecule has 10 heteroatoms. The van der Waals surface area contributed by atoms with Crippen molar-refractivity contribution in [2.24, 2.45) is 17.8 Å². The summed E-state index contributed by atoms with van der Waals surface area (Å²) in [5.74, 6) is -1.46. The van der Waals surface area contributed by atoms with Crippen LogP contribution in [0.2, 0.25) is 5.02 Å². The van der Waals surface area contributed by atoms with Gasteiger partial charge in [0.2, 0.25) is 17.7 Å². The molecule has 3 heterocycles. The molecule has 5 rings (SSSR count). The molecule has 3 saturated heterocycles. The second-order valence-corrected chi connectivity index (χ2v) is 12.7. The molecule has 0 aromatic heterocycles. The molecule has 8 nitrogen and oxygen atoms in total. The van der Waals surface area contributed by atoms with Crippen molar-refractivity contribution >= 4 is 52.5 Å². The fourth-order valence-electron chi connectivity index (χ4n) is 6.46. The summed E-state index contributed by atoms with van der Waals surface area (Å²) < 4.78 is 4.72. The van der Waals surface area contributed by atoms with E-state index in [2.05, 4.69) is 10.6 Å². The van der Waals surface area contributed by atoms with E-state index in [1.54, 1.807) is 65.2 Å². The summed E-state index contributed by atoms with van der Waals surface area (Å²) >= 11 is 7.92. The molecule has 1 spiro atoms. The van der Waals surface area contributed by atoms with Gasteiger partial charge in [-0.1, -0.05) is 37.6 Å². The third-order valence-electron chi connectivity index (χ3n) is 8.17. The topological polar surface area (TPSA) is 108 Å². The fraction of sp³-hybridized carbons (Fsp3) is 0.483. The number of rotatable bonds is 9. The molecule has 39 heavy (non-hydrogen) atoms. The highest BCUT2D eigenvalue weighted by Crippen LogP contribution is 2.67. The molecule has 6 atom stereocenters. The molecular formula is C29H34ClN3O5S. The minimum absolute atomic E-state index is 0.0777. The molecule has 3 aliphatic heterocycles. The van der Waals surface area contributed by atoms with Gasteiger partial charge in [-0.2, -0.15) is 0 Å². The molecule has 3 N–H and O–H groups in total. The van der Waals surface area contributed by atoms with E-state index in [1.165, 1.54) is 0 Å². The first kappa shape index (κ1) is 27.8. The molecule has 0 saturated carbocycles. The summed E-state index contributed by atoms with van der Waals surface area (Å²) in [6.45, 7) is 6.01. The molecule has 2 unspecified atom stereocenters. The van der Waals surface area contributed by atoms with E-state index >= 15 is 0 Å².